The summed E-state index contributed by atoms with van der Waals surface area (Å²) in [6.45, 7) is 7.87. The van der Waals surface area contributed by atoms with E-state index in [1.54, 1.807) is 13.8 Å². The number of carboxylic acid groups (broad SMARTS) is 1. The van der Waals surface area contributed by atoms with Crippen LogP contribution >= 0.6 is 0 Å². The Hall–Kier alpha value is -1.39. The van der Waals surface area contributed by atoms with Gasteiger partial charge in [0.2, 0.25) is 0 Å². The molecule has 0 atom stereocenters. The van der Waals surface area contributed by atoms with Crippen molar-refractivity contribution in [1.29, 1.82) is 0 Å². The molecule has 1 saturated heterocycles. The van der Waals surface area contributed by atoms with Gasteiger partial charge in [-0.3, -0.25) is 9.69 Å². The minimum absolute atomic E-state index is 0.558. The molecule has 0 spiro atoms. The van der Waals surface area contributed by atoms with E-state index in [2.05, 4.69) is 11.0 Å². The van der Waals surface area contributed by atoms with Gasteiger partial charge in [0.25, 0.3) is 0 Å². The van der Waals surface area contributed by atoms with Crippen LogP contribution in [0.25, 0.3) is 0 Å². The predicted molar refractivity (Wildman–Crippen MR) is 77.7 cm³/mol. The summed E-state index contributed by atoms with van der Waals surface area (Å²) >= 11 is 0. The maximum atomic E-state index is 11.3. The summed E-state index contributed by atoms with van der Waals surface area (Å²) in [6.07, 6.45) is 0.558. The van der Waals surface area contributed by atoms with E-state index in [4.69, 9.17) is 4.74 Å². The fourth-order valence-electron chi connectivity index (χ4n) is 2.44. The first kappa shape index (κ1) is 15.0. The number of aliphatic carboxylic acids is 1. The fraction of sp³-hybridized carbons (Fsp3) is 0.562. The molecular formula is C16H23NO3. The normalized spacial score (nSPS) is 17.1. The molecule has 1 aliphatic rings. The Morgan fingerprint density at radius 1 is 1.25 bits per heavy atom. The third-order valence-corrected chi connectivity index (χ3v) is 3.83. The summed E-state index contributed by atoms with van der Waals surface area (Å²) in [7, 11) is 0. The molecule has 0 aliphatic carbocycles. The van der Waals surface area contributed by atoms with Gasteiger partial charge in [-0.1, -0.05) is 24.3 Å². The monoisotopic (exact) mass is 277 g/mol. The molecule has 1 fully saturated rings. The Labute approximate surface area is 120 Å². The van der Waals surface area contributed by atoms with E-state index in [0.29, 0.717) is 6.42 Å². The summed E-state index contributed by atoms with van der Waals surface area (Å²) in [5, 5.41) is 9.29. The predicted octanol–water partition coefficient (Wildman–Crippen LogP) is 2.17. The largest absolute Gasteiger partial charge is 0.481 e. The third-order valence-electron chi connectivity index (χ3n) is 3.83. The van der Waals surface area contributed by atoms with Crippen LogP contribution in [0, 0.1) is 5.41 Å². The van der Waals surface area contributed by atoms with E-state index in [-0.39, 0.29) is 0 Å². The first-order valence-electron chi connectivity index (χ1n) is 7.09. The van der Waals surface area contributed by atoms with Crippen LogP contribution in [-0.4, -0.2) is 42.3 Å². The van der Waals surface area contributed by atoms with Crippen LogP contribution < -0.4 is 0 Å². The van der Waals surface area contributed by atoms with Gasteiger partial charge in [-0.2, -0.15) is 0 Å². The standard InChI is InChI=1S/C16H23NO3/c1-16(2,15(18)19)11-13-5-3-4-6-14(13)12-17-7-9-20-10-8-17/h3-6H,7-12H2,1-2H3,(H,18,19). The average molecular weight is 277 g/mol. The minimum Gasteiger partial charge on any atom is -0.481 e. The van der Waals surface area contributed by atoms with Crippen molar-refractivity contribution in [2.24, 2.45) is 5.41 Å². The van der Waals surface area contributed by atoms with Gasteiger partial charge in [-0.25, -0.2) is 0 Å². The third kappa shape index (κ3) is 3.81. The van der Waals surface area contributed by atoms with E-state index < -0.39 is 11.4 Å². The summed E-state index contributed by atoms with van der Waals surface area (Å²) in [5.74, 6) is -0.751. The Morgan fingerprint density at radius 3 is 2.45 bits per heavy atom. The smallest absolute Gasteiger partial charge is 0.309 e. The summed E-state index contributed by atoms with van der Waals surface area (Å²) in [5.41, 5.74) is 1.62. The number of carboxylic acids is 1. The highest BCUT2D eigenvalue weighted by molar-refractivity contribution is 5.74. The van der Waals surface area contributed by atoms with Crippen LogP contribution in [-0.2, 0) is 22.5 Å². The van der Waals surface area contributed by atoms with Crippen LogP contribution in [0.3, 0.4) is 0 Å². The molecule has 1 aromatic rings. The van der Waals surface area contributed by atoms with Gasteiger partial charge in [-0.15, -0.1) is 0 Å². The van der Waals surface area contributed by atoms with Gasteiger partial charge >= 0.3 is 5.97 Å². The van der Waals surface area contributed by atoms with E-state index in [0.717, 1.165) is 38.4 Å². The lowest BCUT2D eigenvalue weighted by molar-refractivity contribution is -0.146. The van der Waals surface area contributed by atoms with Crippen molar-refractivity contribution >= 4 is 5.97 Å². The van der Waals surface area contributed by atoms with Crippen LogP contribution in [0.2, 0.25) is 0 Å². The van der Waals surface area contributed by atoms with Crippen LogP contribution in [0.4, 0.5) is 0 Å². The lowest BCUT2D eigenvalue weighted by Crippen LogP contribution is -2.36. The van der Waals surface area contributed by atoms with Gasteiger partial charge in [0.15, 0.2) is 0 Å². The van der Waals surface area contributed by atoms with Crippen LogP contribution in [0.1, 0.15) is 25.0 Å². The van der Waals surface area contributed by atoms with E-state index in [1.807, 2.05) is 18.2 Å². The topological polar surface area (TPSA) is 49.8 Å². The summed E-state index contributed by atoms with van der Waals surface area (Å²) in [6, 6.07) is 8.15. The van der Waals surface area contributed by atoms with Crippen molar-refractivity contribution in [3.63, 3.8) is 0 Å². The zero-order valence-corrected chi connectivity index (χ0v) is 12.3. The lowest BCUT2D eigenvalue weighted by Gasteiger charge is -2.28. The number of morpholine rings is 1. The number of benzene rings is 1. The molecule has 1 heterocycles. The average Bonchev–Trinajstić information content (AvgIpc) is 2.42. The molecule has 1 aromatic carbocycles. The Bertz CT molecular complexity index is 465. The van der Waals surface area contributed by atoms with E-state index in [1.165, 1.54) is 5.56 Å². The molecule has 0 amide bonds. The Kier molecular flexibility index (Phi) is 4.78. The highest BCUT2D eigenvalue weighted by Gasteiger charge is 2.28. The Balaban J connectivity index is 2.11. The van der Waals surface area contributed by atoms with E-state index in [9.17, 15) is 9.90 Å². The summed E-state index contributed by atoms with van der Waals surface area (Å²) in [4.78, 5) is 13.7. The Morgan fingerprint density at radius 2 is 1.85 bits per heavy atom. The first-order chi connectivity index (χ1) is 9.49. The van der Waals surface area contributed by atoms with Crippen molar-refractivity contribution in [2.45, 2.75) is 26.8 Å². The second-order valence-corrected chi connectivity index (χ2v) is 6.02. The van der Waals surface area contributed by atoms with Gasteiger partial charge in [0.1, 0.15) is 0 Å². The second-order valence-electron chi connectivity index (χ2n) is 6.02. The molecule has 0 saturated carbocycles. The SMILES string of the molecule is CC(C)(Cc1ccccc1CN1CCOCC1)C(=O)O. The number of nitrogens with zero attached hydrogens (tertiary/aromatic N) is 1. The minimum atomic E-state index is -0.751. The molecule has 20 heavy (non-hydrogen) atoms. The van der Waals surface area contributed by atoms with Crippen molar-refractivity contribution in [1.82, 2.24) is 4.90 Å². The number of hydrogen-bond acceptors (Lipinski definition) is 3. The number of hydrogen-bond donors (Lipinski definition) is 1. The molecule has 2 rings (SSSR count). The van der Waals surface area contributed by atoms with E-state index >= 15 is 0 Å². The van der Waals surface area contributed by atoms with Crippen molar-refractivity contribution in [2.75, 3.05) is 26.3 Å². The van der Waals surface area contributed by atoms with Crippen LogP contribution in [0.5, 0.6) is 0 Å². The van der Waals surface area contributed by atoms with Crippen molar-refractivity contribution in [3.05, 3.63) is 35.4 Å². The number of carbonyl (C=O) groups is 1. The molecule has 1 aliphatic heterocycles. The highest BCUT2D eigenvalue weighted by Crippen LogP contribution is 2.25. The molecule has 4 nitrogen and oxygen atoms in total. The first-order valence-corrected chi connectivity index (χ1v) is 7.09. The molecule has 0 radical (unpaired) electrons. The second kappa shape index (κ2) is 6.37. The van der Waals surface area contributed by atoms with Crippen molar-refractivity contribution < 1.29 is 14.6 Å². The molecule has 110 valence electrons. The lowest BCUT2D eigenvalue weighted by atomic mass is 9.84. The van der Waals surface area contributed by atoms with Gasteiger partial charge in [0.05, 0.1) is 18.6 Å². The van der Waals surface area contributed by atoms with Gasteiger partial charge < -0.3 is 9.84 Å². The molecule has 0 unspecified atom stereocenters. The maximum Gasteiger partial charge on any atom is 0.309 e. The van der Waals surface area contributed by atoms with Crippen LogP contribution in [0.15, 0.2) is 24.3 Å². The van der Waals surface area contributed by atoms with Crippen molar-refractivity contribution in [3.8, 4) is 0 Å². The molecule has 0 aromatic heterocycles. The maximum absolute atomic E-state index is 11.3. The zero-order chi connectivity index (χ0) is 14.6. The summed E-state index contributed by atoms with van der Waals surface area (Å²) < 4.78 is 5.36. The molecule has 0 bridgehead atoms. The van der Waals surface area contributed by atoms with Gasteiger partial charge in [0, 0.05) is 19.6 Å². The fourth-order valence-corrected chi connectivity index (χ4v) is 2.44. The number of rotatable bonds is 5. The molecule has 1 N–H and O–H groups in total. The molecular weight excluding hydrogens is 254 g/mol. The molecule has 4 heteroatoms. The number of ether oxygens (including phenoxy) is 1. The highest BCUT2D eigenvalue weighted by atomic mass is 16.5. The quantitative estimate of drug-likeness (QED) is 0.896. The zero-order valence-electron chi connectivity index (χ0n) is 12.3. The van der Waals surface area contributed by atoms with Gasteiger partial charge in [-0.05, 0) is 31.4 Å².